The fourth-order valence-corrected chi connectivity index (χ4v) is 3.09. The van der Waals surface area contributed by atoms with Crippen LogP contribution in [0.2, 0.25) is 0 Å². The van der Waals surface area contributed by atoms with Crippen LogP contribution in [0.25, 0.3) is 0 Å². The van der Waals surface area contributed by atoms with E-state index in [1.54, 1.807) is 51.1 Å². The van der Waals surface area contributed by atoms with Crippen LogP contribution in [0.4, 0.5) is 0 Å². The molecule has 3 atom stereocenters. The molecule has 0 fully saturated rings. The number of carboxylic acids is 1. The highest BCUT2D eigenvalue weighted by Gasteiger charge is 2.34. The number of benzene rings is 1. The molecule has 0 saturated carbocycles. The minimum atomic E-state index is -1.51. The zero-order valence-corrected chi connectivity index (χ0v) is 17.4. The summed E-state index contributed by atoms with van der Waals surface area (Å²) in [7, 11) is 0. The van der Waals surface area contributed by atoms with Crippen molar-refractivity contribution in [2.45, 2.75) is 52.1 Å². The van der Waals surface area contributed by atoms with Crippen LogP contribution in [-0.4, -0.2) is 46.7 Å². The van der Waals surface area contributed by atoms with Crippen molar-refractivity contribution in [2.24, 2.45) is 17.6 Å². The number of carboxylic acid groups (broad SMARTS) is 1. The molecule has 0 aliphatic heterocycles. The number of amides is 3. The summed E-state index contributed by atoms with van der Waals surface area (Å²) in [5, 5.41) is 13.4. The van der Waals surface area contributed by atoms with Crippen molar-refractivity contribution in [3.8, 4) is 0 Å². The van der Waals surface area contributed by atoms with Gasteiger partial charge < -0.3 is 16.2 Å². The Morgan fingerprint density at radius 2 is 1.63 bits per heavy atom. The van der Waals surface area contributed by atoms with Crippen molar-refractivity contribution >= 4 is 29.5 Å². The maximum Gasteiger partial charge on any atom is 0.305 e. The van der Waals surface area contributed by atoms with Gasteiger partial charge in [-0.05, 0) is 11.5 Å². The van der Waals surface area contributed by atoms with E-state index in [4.69, 9.17) is 10.8 Å². The smallest absolute Gasteiger partial charge is 0.305 e. The Morgan fingerprint density at radius 3 is 2.13 bits per heavy atom. The number of Topliss-reactive ketones (excluding diaryl/α,β-unsaturated/α-hetero) is 1. The zero-order chi connectivity index (χ0) is 22.8. The Bertz CT molecular complexity index is 778. The van der Waals surface area contributed by atoms with Gasteiger partial charge in [0.2, 0.25) is 17.7 Å². The lowest BCUT2D eigenvalue weighted by Crippen LogP contribution is -2.56. The minimum Gasteiger partial charge on any atom is -0.481 e. The molecule has 0 bridgehead atoms. The topological polar surface area (TPSA) is 156 Å². The number of hydrogen-bond acceptors (Lipinski definition) is 6. The summed E-state index contributed by atoms with van der Waals surface area (Å²) < 4.78 is 0. The van der Waals surface area contributed by atoms with Crippen LogP contribution in [0.1, 0.15) is 39.2 Å². The minimum absolute atomic E-state index is 0.0831. The molecule has 0 aliphatic carbocycles. The molecular weight excluding hydrogens is 390 g/mol. The Morgan fingerprint density at radius 1 is 1.03 bits per heavy atom. The number of rotatable bonds is 11. The summed E-state index contributed by atoms with van der Waals surface area (Å²) >= 11 is 0. The van der Waals surface area contributed by atoms with E-state index in [0.717, 1.165) is 0 Å². The SMILES string of the molecule is CCC(=O)C(C(C)C)[C@H](N)C(=O)N[C@@H](CC(=O)O)C(=O)NC(=O)Cc1ccccc1. The molecule has 1 aromatic carbocycles. The highest BCUT2D eigenvalue weighted by atomic mass is 16.4. The number of carbonyl (C=O) groups excluding carboxylic acids is 4. The van der Waals surface area contributed by atoms with Gasteiger partial charge in [0.05, 0.1) is 18.9 Å². The van der Waals surface area contributed by atoms with E-state index in [-0.39, 0.29) is 24.5 Å². The summed E-state index contributed by atoms with van der Waals surface area (Å²) in [6, 6.07) is 5.91. The second kappa shape index (κ2) is 11.8. The monoisotopic (exact) mass is 419 g/mol. The van der Waals surface area contributed by atoms with Gasteiger partial charge in [-0.2, -0.15) is 0 Å². The highest BCUT2D eigenvalue weighted by molar-refractivity contribution is 6.02. The van der Waals surface area contributed by atoms with Gasteiger partial charge in [0.25, 0.3) is 0 Å². The van der Waals surface area contributed by atoms with Gasteiger partial charge in [0, 0.05) is 12.3 Å². The molecule has 0 heterocycles. The van der Waals surface area contributed by atoms with E-state index >= 15 is 0 Å². The van der Waals surface area contributed by atoms with Gasteiger partial charge >= 0.3 is 5.97 Å². The van der Waals surface area contributed by atoms with Gasteiger partial charge in [-0.3, -0.25) is 29.3 Å². The lowest BCUT2D eigenvalue weighted by Gasteiger charge is -2.26. The summed E-state index contributed by atoms with van der Waals surface area (Å²) in [6.45, 7) is 5.14. The predicted molar refractivity (Wildman–Crippen MR) is 109 cm³/mol. The van der Waals surface area contributed by atoms with Crippen molar-refractivity contribution < 1.29 is 29.1 Å². The summed E-state index contributed by atoms with van der Waals surface area (Å²) in [6.07, 6.45) is -0.631. The first kappa shape index (κ1) is 25.0. The number of nitrogens with two attached hydrogens (primary N) is 1. The van der Waals surface area contributed by atoms with Crippen molar-refractivity contribution in [2.75, 3.05) is 0 Å². The normalized spacial score (nSPS) is 13.8. The molecule has 0 radical (unpaired) electrons. The maximum absolute atomic E-state index is 12.5. The second-order valence-corrected chi connectivity index (χ2v) is 7.35. The van der Waals surface area contributed by atoms with Gasteiger partial charge in [0.15, 0.2) is 0 Å². The van der Waals surface area contributed by atoms with Crippen molar-refractivity contribution in [3.05, 3.63) is 35.9 Å². The number of aliphatic carboxylic acids is 1. The molecule has 9 nitrogen and oxygen atoms in total. The molecule has 0 saturated heterocycles. The van der Waals surface area contributed by atoms with Crippen LogP contribution < -0.4 is 16.4 Å². The lowest BCUT2D eigenvalue weighted by atomic mass is 9.83. The van der Waals surface area contributed by atoms with E-state index in [9.17, 15) is 24.0 Å². The van der Waals surface area contributed by atoms with Crippen LogP contribution in [0.3, 0.4) is 0 Å². The Kier molecular flexibility index (Phi) is 9.83. The van der Waals surface area contributed by atoms with E-state index < -0.39 is 48.1 Å². The fraction of sp³-hybridized carbons (Fsp3) is 0.476. The van der Waals surface area contributed by atoms with Crippen LogP contribution >= 0.6 is 0 Å². The van der Waals surface area contributed by atoms with Crippen LogP contribution in [0, 0.1) is 11.8 Å². The van der Waals surface area contributed by atoms with E-state index in [1.807, 2.05) is 0 Å². The van der Waals surface area contributed by atoms with Crippen LogP contribution in [-0.2, 0) is 30.4 Å². The number of nitrogens with one attached hydrogen (secondary N) is 2. The lowest BCUT2D eigenvalue weighted by molar-refractivity contribution is -0.142. The van der Waals surface area contributed by atoms with E-state index in [1.165, 1.54) is 0 Å². The molecule has 5 N–H and O–H groups in total. The Labute approximate surface area is 175 Å². The third-order valence-corrected chi connectivity index (χ3v) is 4.61. The first-order valence-electron chi connectivity index (χ1n) is 9.74. The van der Waals surface area contributed by atoms with Gasteiger partial charge in [-0.1, -0.05) is 51.1 Å². The Hall–Kier alpha value is -3.07. The van der Waals surface area contributed by atoms with Crippen molar-refractivity contribution in [1.29, 1.82) is 0 Å². The quantitative estimate of drug-likeness (QED) is 0.405. The van der Waals surface area contributed by atoms with Crippen LogP contribution in [0.15, 0.2) is 30.3 Å². The molecule has 0 spiro atoms. The fourth-order valence-electron chi connectivity index (χ4n) is 3.09. The molecule has 3 amide bonds. The van der Waals surface area contributed by atoms with Gasteiger partial charge in [0.1, 0.15) is 11.8 Å². The first-order chi connectivity index (χ1) is 14.1. The number of imide groups is 1. The van der Waals surface area contributed by atoms with Gasteiger partial charge in [-0.25, -0.2) is 0 Å². The highest BCUT2D eigenvalue weighted by Crippen LogP contribution is 2.17. The molecule has 1 aromatic rings. The average molecular weight is 419 g/mol. The Balaban J connectivity index is 2.85. The molecule has 9 heteroatoms. The molecule has 0 aromatic heterocycles. The predicted octanol–water partition coefficient (Wildman–Crippen LogP) is 0.410. The summed E-state index contributed by atoms with van der Waals surface area (Å²) in [5.74, 6) is -4.97. The average Bonchev–Trinajstić information content (AvgIpc) is 2.67. The molecule has 1 rings (SSSR count). The molecular formula is C21H29N3O6. The number of ketones is 1. The summed E-state index contributed by atoms with van der Waals surface area (Å²) in [4.78, 5) is 60.3. The third kappa shape index (κ3) is 7.75. The molecule has 1 unspecified atom stereocenters. The van der Waals surface area contributed by atoms with E-state index in [2.05, 4.69) is 10.6 Å². The standard InChI is InChI=1S/C21H29N3O6/c1-4-15(25)18(12(2)3)19(22)21(30)23-14(11-17(27)28)20(29)24-16(26)10-13-8-6-5-7-9-13/h5-9,12,14,18-19H,4,10-11,22H2,1-3H3,(H,23,30)(H,27,28)(H,24,26,29)/t14-,18?,19-/m0/s1. The third-order valence-electron chi connectivity index (χ3n) is 4.61. The van der Waals surface area contributed by atoms with E-state index in [0.29, 0.717) is 5.56 Å². The second-order valence-electron chi connectivity index (χ2n) is 7.35. The zero-order valence-electron chi connectivity index (χ0n) is 17.4. The molecule has 30 heavy (non-hydrogen) atoms. The molecule has 0 aliphatic rings. The number of carbonyl (C=O) groups is 5. The maximum atomic E-state index is 12.5. The summed E-state index contributed by atoms with van der Waals surface area (Å²) in [5.41, 5.74) is 6.61. The number of hydrogen-bond donors (Lipinski definition) is 4. The van der Waals surface area contributed by atoms with Crippen molar-refractivity contribution in [1.82, 2.24) is 10.6 Å². The van der Waals surface area contributed by atoms with Crippen LogP contribution in [0.5, 0.6) is 0 Å². The largest absolute Gasteiger partial charge is 0.481 e. The first-order valence-corrected chi connectivity index (χ1v) is 9.74. The molecule has 164 valence electrons. The van der Waals surface area contributed by atoms with Gasteiger partial charge in [-0.15, -0.1) is 0 Å². The van der Waals surface area contributed by atoms with Crippen molar-refractivity contribution in [3.63, 3.8) is 0 Å².